The van der Waals surface area contributed by atoms with Crippen LogP contribution in [0.3, 0.4) is 0 Å². The Hall–Kier alpha value is -2.07. The molecule has 0 saturated heterocycles. The van der Waals surface area contributed by atoms with E-state index in [9.17, 15) is 9.18 Å². The molecule has 2 rings (SSSR count). The van der Waals surface area contributed by atoms with Crippen LogP contribution >= 0.6 is 11.6 Å². The zero-order chi connectivity index (χ0) is 15.4. The Morgan fingerprint density at radius 1 is 1.24 bits per heavy atom. The second-order valence-electron chi connectivity index (χ2n) is 4.73. The van der Waals surface area contributed by atoms with Crippen LogP contribution in [-0.2, 0) is 4.79 Å². The van der Waals surface area contributed by atoms with E-state index in [4.69, 9.17) is 16.3 Å². The minimum absolute atomic E-state index is 0.0777. The predicted octanol–water partition coefficient (Wildman–Crippen LogP) is 4.11. The zero-order valence-corrected chi connectivity index (χ0v) is 12.5. The molecule has 0 saturated carbocycles. The van der Waals surface area contributed by atoms with E-state index in [2.05, 4.69) is 5.32 Å². The molecule has 2 aromatic carbocycles. The molecule has 1 amide bonds. The lowest BCUT2D eigenvalue weighted by Gasteiger charge is -2.10. The van der Waals surface area contributed by atoms with Crippen LogP contribution in [0.25, 0.3) is 0 Å². The highest BCUT2D eigenvalue weighted by Crippen LogP contribution is 2.20. The highest BCUT2D eigenvalue weighted by molar-refractivity contribution is 6.30. The van der Waals surface area contributed by atoms with Crippen LogP contribution in [0.1, 0.15) is 11.1 Å². The van der Waals surface area contributed by atoms with E-state index in [0.29, 0.717) is 5.75 Å². The number of rotatable bonds is 4. The predicted molar refractivity (Wildman–Crippen MR) is 81.5 cm³/mol. The Balaban J connectivity index is 1.97. The summed E-state index contributed by atoms with van der Waals surface area (Å²) in [4.78, 5) is 11.8. The number of anilines is 1. The third kappa shape index (κ3) is 4.20. The number of ether oxygens (including phenoxy) is 1. The van der Waals surface area contributed by atoms with E-state index < -0.39 is 11.7 Å². The Bertz CT molecular complexity index is 673. The summed E-state index contributed by atoms with van der Waals surface area (Å²) in [6.07, 6.45) is 0. The molecule has 5 heteroatoms. The summed E-state index contributed by atoms with van der Waals surface area (Å²) in [7, 11) is 0. The summed E-state index contributed by atoms with van der Waals surface area (Å²) >= 11 is 5.65. The first-order valence-corrected chi connectivity index (χ1v) is 6.78. The molecule has 0 radical (unpaired) electrons. The van der Waals surface area contributed by atoms with Gasteiger partial charge >= 0.3 is 0 Å². The molecular formula is C16H15ClFNO2. The summed E-state index contributed by atoms with van der Waals surface area (Å²) < 4.78 is 19.0. The van der Waals surface area contributed by atoms with E-state index in [1.807, 2.05) is 32.0 Å². The first-order valence-electron chi connectivity index (χ1n) is 6.40. The molecule has 21 heavy (non-hydrogen) atoms. The van der Waals surface area contributed by atoms with Gasteiger partial charge in [0, 0.05) is 5.02 Å². The number of nitrogens with one attached hydrogen (secondary N) is 1. The standard InChI is InChI=1S/C16H15ClFNO2/c1-10-3-4-11(2)15(7-10)21-9-16(20)19-14-6-5-12(17)8-13(14)18/h3-8H,9H2,1-2H3,(H,19,20). The van der Waals surface area contributed by atoms with Crippen LogP contribution in [0.2, 0.25) is 5.02 Å². The van der Waals surface area contributed by atoms with Gasteiger partial charge in [-0.25, -0.2) is 4.39 Å². The molecule has 0 aromatic heterocycles. The lowest BCUT2D eigenvalue weighted by atomic mass is 10.1. The van der Waals surface area contributed by atoms with E-state index in [1.165, 1.54) is 12.1 Å². The van der Waals surface area contributed by atoms with Gasteiger partial charge < -0.3 is 10.1 Å². The summed E-state index contributed by atoms with van der Waals surface area (Å²) in [6, 6.07) is 9.79. The number of carbonyl (C=O) groups is 1. The van der Waals surface area contributed by atoms with Gasteiger partial charge in [0.15, 0.2) is 6.61 Å². The van der Waals surface area contributed by atoms with Gasteiger partial charge in [-0.05, 0) is 49.2 Å². The van der Waals surface area contributed by atoms with Crippen molar-refractivity contribution in [3.05, 3.63) is 58.4 Å². The first-order chi connectivity index (χ1) is 9.95. The van der Waals surface area contributed by atoms with E-state index in [1.54, 1.807) is 0 Å². The molecule has 0 bridgehead atoms. The van der Waals surface area contributed by atoms with Gasteiger partial charge in [0.05, 0.1) is 5.69 Å². The number of hydrogen-bond donors (Lipinski definition) is 1. The lowest BCUT2D eigenvalue weighted by molar-refractivity contribution is -0.118. The maximum absolute atomic E-state index is 13.6. The zero-order valence-electron chi connectivity index (χ0n) is 11.7. The van der Waals surface area contributed by atoms with Gasteiger partial charge in [-0.2, -0.15) is 0 Å². The number of benzene rings is 2. The Labute approximate surface area is 127 Å². The van der Waals surface area contributed by atoms with Crippen LogP contribution in [0.4, 0.5) is 10.1 Å². The van der Waals surface area contributed by atoms with Gasteiger partial charge in [-0.3, -0.25) is 4.79 Å². The number of halogens is 2. The molecule has 0 fully saturated rings. The molecule has 0 heterocycles. The van der Waals surface area contributed by atoms with Gasteiger partial charge in [0.2, 0.25) is 0 Å². The normalized spacial score (nSPS) is 10.3. The fraction of sp³-hybridized carbons (Fsp3) is 0.188. The Morgan fingerprint density at radius 2 is 2.00 bits per heavy atom. The average molecular weight is 308 g/mol. The maximum atomic E-state index is 13.6. The molecule has 2 aromatic rings. The van der Waals surface area contributed by atoms with Crippen molar-refractivity contribution in [2.75, 3.05) is 11.9 Å². The molecule has 1 N–H and O–H groups in total. The topological polar surface area (TPSA) is 38.3 Å². The second kappa shape index (κ2) is 6.59. The minimum atomic E-state index is -0.581. The Kier molecular flexibility index (Phi) is 4.81. The lowest BCUT2D eigenvalue weighted by Crippen LogP contribution is -2.21. The molecule has 0 aliphatic carbocycles. The summed E-state index contributed by atoms with van der Waals surface area (Å²) in [6.45, 7) is 3.65. The van der Waals surface area contributed by atoms with Crippen LogP contribution in [0, 0.1) is 19.7 Å². The summed E-state index contributed by atoms with van der Waals surface area (Å²) in [5.74, 6) is -0.374. The smallest absolute Gasteiger partial charge is 0.262 e. The van der Waals surface area contributed by atoms with Gasteiger partial charge in [0.25, 0.3) is 5.91 Å². The minimum Gasteiger partial charge on any atom is -0.483 e. The highest BCUT2D eigenvalue weighted by Gasteiger charge is 2.09. The van der Waals surface area contributed by atoms with E-state index in [0.717, 1.165) is 17.2 Å². The molecule has 0 atom stereocenters. The molecule has 110 valence electrons. The van der Waals surface area contributed by atoms with E-state index in [-0.39, 0.29) is 17.3 Å². The molecule has 0 aliphatic heterocycles. The number of amides is 1. The first kappa shape index (κ1) is 15.3. The van der Waals surface area contributed by atoms with Crippen LogP contribution in [-0.4, -0.2) is 12.5 Å². The molecular weight excluding hydrogens is 293 g/mol. The van der Waals surface area contributed by atoms with E-state index >= 15 is 0 Å². The van der Waals surface area contributed by atoms with Gasteiger partial charge in [0.1, 0.15) is 11.6 Å². The van der Waals surface area contributed by atoms with Gasteiger partial charge in [-0.15, -0.1) is 0 Å². The SMILES string of the molecule is Cc1ccc(C)c(OCC(=O)Nc2ccc(Cl)cc2F)c1. The third-order valence-corrected chi connectivity index (χ3v) is 3.14. The summed E-state index contributed by atoms with van der Waals surface area (Å²) in [5, 5.41) is 2.72. The van der Waals surface area contributed by atoms with Crippen molar-refractivity contribution in [1.82, 2.24) is 0 Å². The monoisotopic (exact) mass is 307 g/mol. The van der Waals surface area contributed by atoms with Crippen molar-refractivity contribution in [3.63, 3.8) is 0 Å². The highest BCUT2D eigenvalue weighted by atomic mass is 35.5. The molecule has 0 unspecified atom stereocenters. The van der Waals surface area contributed by atoms with Crippen molar-refractivity contribution >= 4 is 23.2 Å². The van der Waals surface area contributed by atoms with Crippen molar-refractivity contribution in [1.29, 1.82) is 0 Å². The second-order valence-corrected chi connectivity index (χ2v) is 5.17. The van der Waals surface area contributed by atoms with Crippen LogP contribution < -0.4 is 10.1 Å². The summed E-state index contributed by atoms with van der Waals surface area (Å²) in [5.41, 5.74) is 2.06. The van der Waals surface area contributed by atoms with Crippen molar-refractivity contribution in [3.8, 4) is 5.75 Å². The maximum Gasteiger partial charge on any atom is 0.262 e. The quantitative estimate of drug-likeness (QED) is 0.923. The fourth-order valence-electron chi connectivity index (χ4n) is 1.78. The number of hydrogen-bond acceptors (Lipinski definition) is 2. The average Bonchev–Trinajstić information content (AvgIpc) is 2.43. The third-order valence-electron chi connectivity index (χ3n) is 2.91. The van der Waals surface area contributed by atoms with Gasteiger partial charge in [-0.1, -0.05) is 23.7 Å². The van der Waals surface area contributed by atoms with Crippen molar-refractivity contribution in [2.45, 2.75) is 13.8 Å². The molecule has 0 aliphatic rings. The van der Waals surface area contributed by atoms with Crippen molar-refractivity contribution < 1.29 is 13.9 Å². The van der Waals surface area contributed by atoms with Crippen LogP contribution in [0.15, 0.2) is 36.4 Å². The number of carbonyl (C=O) groups excluding carboxylic acids is 1. The van der Waals surface area contributed by atoms with Crippen LogP contribution in [0.5, 0.6) is 5.75 Å². The molecule has 3 nitrogen and oxygen atoms in total. The van der Waals surface area contributed by atoms with Crippen molar-refractivity contribution in [2.24, 2.45) is 0 Å². The molecule has 0 spiro atoms. The fourth-order valence-corrected chi connectivity index (χ4v) is 1.94. The number of aryl methyl sites for hydroxylation is 2. The largest absolute Gasteiger partial charge is 0.483 e. The Morgan fingerprint density at radius 3 is 2.71 bits per heavy atom.